The van der Waals surface area contributed by atoms with E-state index in [1.165, 1.54) is 4.90 Å². The minimum absolute atomic E-state index is 0.00886. The SMILES string of the molecule is CCOc1cccc(C(O)=C2C(=O)C(=O)N(Cc3ccncc3)C2c2cccc(Oc3ccccc3)c2)c1. The number of carbonyl (C=O) groups excluding carboxylic acids is 2. The molecule has 1 atom stereocenters. The second-order valence-corrected chi connectivity index (χ2v) is 8.73. The minimum atomic E-state index is -0.835. The number of benzene rings is 3. The summed E-state index contributed by atoms with van der Waals surface area (Å²) in [7, 11) is 0. The summed E-state index contributed by atoms with van der Waals surface area (Å²) in [5, 5.41) is 11.4. The number of aromatic nitrogens is 1. The highest BCUT2D eigenvalue weighted by Gasteiger charge is 2.46. The Kier molecular flexibility index (Phi) is 7.17. The van der Waals surface area contributed by atoms with Crippen molar-refractivity contribution in [3.63, 3.8) is 0 Å². The van der Waals surface area contributed by atoms with Crippen LogP contribution in [-0.2, 0) is 16.1 Å². The van der Waals surface area contributed by atoms with Crippen molar-refractivity contribution in [2.24, 2.45) is 0 Å². The molecule has 0 bridgehead atoms. The maximum Gasteiger partial charge on any atom is 0.295 e. The number of ether oxygens (including phenoxy) is 2. The Balaban J connectivity index is 1.61. The molecule has 1 saturated heterocycles. The Hall–Kier alpha value is -4.91. The van der Waals surface area contributed by atoms with Crippen LogP contribution in [0.5, 0.6) is 17.2 Å². The Labute approximate surface area is 220 Å². The topological polar surface area (TPSA) is 89.0 Å². The third-order valence-corrected chi connectivity index (χ3v) is 6.21. The van der Waals surface area contributed by atoms with Gasteiger partial charge in [-0.25, -0.2) is 0 Å². The molecule has 1 aromatic heterocycles. The molecule has 1 N–H and O–H groups in total. The van der Waals surface area contributed by atoms with Crippen molar-refractivity contribution >= 4 is 17.4 Å². The Morgan fingerprint density at radius 1 is 0.868 bits per heavy atom. The maximum atomic E-state index is 13.4. The zero-order valence-electron chi connectivity index (χ0n) is 20.8. The minimum Gasteiger partial charge on any atom is -0.507 e. The number of amides is 1. The Morgan fingerprint density at radius 2 is 1.58 bits per heavy atom. The number of carbonyl (C=O) groups is 2. The van der Waals surface area contributed by atoms with Crippen LogP contribution < -0.4 is 9.47 Å². The number of hydrogen-bond donors (Lipinski definition) is 1. The highest BCUT2D eigenvalue weighted by atomic mass is 16.5. The molecule has 7 heteroatoms. The predicted molar refractivity (Wildman–Crippen MR) is 143 cm³/mol. The molecule has 1 amide bonds. The van der Waals surface area contributed by atoms with E-state index in [9.17, 15) is 14.7 Å². The number of para-hydroxylation sites is 1. The number of aliphatic hydroxyl groups excluding tert-OH is 1. The first kappa shape index (κ1) is 24.8. The highest BCUT2D eigenvalue weighted by Crippen LogP contribution is 2.41. The van der Waals surface area contributed by atoms with Crippen molar-refractivity contribution in [2.75, 3.05) is 6.61 Å². The highest BCUT2D eigenvalue weighted by molar-refractivity contribution is 6.46. The first-order valence-corrected chi connectivity index (χ1v) is 12.3. The van der Waals surface area contributed by atoms with E-state index in [4.69, 9.17) is 9.47 Å². The lowest BCUT2D eigenvalue weighted by molar-refractivity contribution is -0.140. The lowest BCUT2D eigenvalue weighted by Gasteiger charge is -2.26. The number of hydrogen-bond acceptors (Lipinski definition) is 6. The van der Waals surface area contributed by atoms with Crippen molar-refractivity contribution in [3.8, 4) is 17.2 Å². The Morgan fingerprint density at radius 3 is 2.34 bits per heavy atom. The third-order valence-electron chi connectivity index (χ3n) is 6.21. The van der Waals surface area contributed by atoms with Crippen LogP contribution >= 0.6 is 0 Å². The summed E-state index contributed by atoms with van der Waals surface area (Å²) in [6, 6.07) is 26.1. The monoisotopic (exact) mass is 506 g/mol. The van der Waals surface area contributed by atoms with Crippen LogP contribution in [0.3, 0.4) is 0 Å². The van der Waals surface area contributed by atoms with Crippen LogP contribution in [0.1, 0.15) is 29.7 Å². The van der Waals surface area contributed by atoms with E-state index in [1.54, 1.807) is 67.0 Å². The zero-order chi connectivity index (χ0) is 26.5. The van der Waals surface area contributed by atoms with E-state index in [2.05, 4.69) is 4.98 Å². The van der Waals surface area contributed by atoms with Crippen LogP contribution in [0, 0.1) is 0 Å². The van der Waals surface area contributed by atoms with Gasteiger partial charge in [-0.1, -0.05) is 42.5 Å². The van der Waals surface area contributed by atoms with Gasteiger partial charge in [0.1, 0.15) is 23.0 Å². The molecule has 4 aromatic rings. The van der Waals surface area contributed by atoms with Crippen molar-refractivity contribution in [1.82, 2.24) is 9.88 Å². The molecule has 1 unspecified atom stereocenters. The van der Waals surface area contributed by atoms with Gasteiger partial charge >= 0.3 is 0 Å². The zero-order valence-corrected chi connectivity index (χ0v) is 20.8. The van der Waals surface area contributed by atoms with Crippen molar-refractivity contribution < 1.29 is 24.2 Å². The fourth-order valence-corrected chi connectivity index (χ4v) is 4.50. The van der Waals surface area contributed by atoms with Gasteiger partial charge in [-0.2, -0.15) is 0 Å². The van der Waals surface area contributed by atoms with Gasteiger partial charge in [0.05, 0.1) is 18.2 Å². The fourth-order valence-electron chi connectivity index (χ4n) is 4.50. The summed E-state index contributed by atoms with van der Waals surface area (Å²) < 4.78 is 11.6. The quantitative estimate of drug-likeness (QED) is 0.182. The van der Waals surface area contributed by atoms with Gasteiger partial charge < -0.3 is 19.5 Å². The second-order valence-electron chi connectivity index (χ2n) is 8.73. The molecular formula is C31H26N2O5. The smallest absolute Gasteiger partial charge is 0.295 e. The lowest BCUT2D eigenvalue weighted by Crippen LogP contribution is -2.29. The molecule has 0 saturated carbocycles. The molecule has 0 aliphatic carbocycles. The predicted octanol–water partition coefficient (Wildman–Crippen LogP) is 5.89. The van der Waals surface area contributed by atoms with Gasteiger partial charge in [0, 0.05) is 24.5 Å². The van der Waals surface area contributed by atoms with Crippen LogP contribution in [-0.4, -0.2) is 33.3 Å². The molecule has 190 valence electrons. The molecule has 2 heterocycles. The molecule has 0 spiro atoms. The van der Waals surface area contributed by atoms with Gasteiger partial charge in [0.25, 0.3) is 11.7 Å². The average molecular weight is 507 g/mol. The summed E-state index contributed by atoms with van der Waals surface area (Å²) in [6.07, 6.45) is 3.27. The van der Waals surface area contributed by atoms with Crippen molar-refractivity contribution in [2.45, 2.75) is 19.5 Å². The van der Waals surface area contributed by atoms with E-state index in [1.807, 2.05) is 43.3 Å². The number of pyridine rings is 1. The average Bonchev–Trinajstić information content (AvgIpc) is 3.19. The summed E-state index contributed by atoms with van der Waals surface area (Å²) in [5.41, 5.74) is 1.84. The molecule has 3 aromatic carbocycles. The number of aliphatic hydroxyl groups is 1. The van der Waals surface area contributed by atoms with Gasteiger partial charge in [-0.05, 0) is 66.6 Å². The third kappa shape index (κ3) is 5.13. The molecular weight excluding hydrogens is 480 g/mol. The first-order valence-electron chi connectivity index (χ1n) is 12.3. The summed E-state index contributed by atoms with van der Waals surface area (Å²) in [4.78, 5) is 32.3. The lowest BCUT2D eigenvalue weighted by atomic mass is 9.95. The molecule has 1 fully saturated rings. The largest absolute Gasteiger partial charge is 0.507 e. The molecule has 5 rings (SSSR count). The molecule has 38 heavy (non-hydrogen) atoms. The second kappa shape index (κ2) is 11.0. The van der Waals surface area contributed by atoms with E-state index < -0.39 is 17.7 Å². The number of nitrogens with zero attached hydrogens (tertiary/aromatic N) is 2. The van der Waals surface area contributed by atoms with Crippen LogP contribution in [0.15, 0.2) is 109 Å². The van der Waals surface area contributed by atoms with Gasteiger partial charge in [-0.15, -0.1) is 0 Å². The van der Waals surface area contributed by atoms with E-state index >= 15 is 0 Å². The molecule has 1 aliphatic rings. The van der Waals surface area contributed by atoms with Crippen LogP contribution in [0.25, 0.3) is 5.76 Å². The number of likely N-dealkylation sites (tertiary alicyclic amines) is 1. The van der Waals surface area contributed by atoms with Crippen LogP contribution in [0.2, 0.25) is 0 Å². The Bertz CT molecular complexity index is 1480. The van der Waals surface area contributed by atoms with Gasteiger partial charge in [-0.3, -0.25) is 14.6 Å². The van der Waals surface area contributed by atoms with E-state index in [0.717, 1.165) is 5.56 Å². The fraction of sp³-hybridized carbons (Fsp3) is 0.129. The van der Waals surface area contributed by atoms with Gasteiger partial charge in [0.15, 0.2) is 0 Å². The molecule has 7 nitrogen and oxygen atoms in total. The number of ketones is 1. The maximum absolute atomic E-state index is 13.4. The van der Waals surface area contributed by atoms with E-state index in [0.29, 0.717) is 35.0 Å². The van der Waals surface area contributed by atoms with Crippen molar-refractivity contribution in [1.29, 1.82) is 0 Å². The van der Waals surface area contributed by atoms with Gasteiger partial charge in [0.2, 0.25) is 0 Å². The standard InChI is InChI=1S/C31H26N2O5/c1-2-37-25-12-7-9-23(19-25)29(34)27-28(33(31(36)30(27)35)20-21-14-16-32-17-15-21)22-8-6-13-26(18-22)38-24-10-4-3-5-11-24/h3-19,28,34H,2,20H2,1H3. The number of rotatable bonds is 8. The molecule has 0 radical (unpaired) electrons. The van der Waals surface area contributed by atoms with Crippen molar-refractivity contribution in [3.05, 3.63) is 126 Å². The first-order chi connectivity index (χ1) is 18.5. The molecule has 1 aliphatic heterocycles. The number of Topliss-reactive ketones (excluding diaryl/α,β-unsaturated/α-hetero) is 1. The normalized spacial score (nSPS) is 16.4. The summed E-state index contributed by atoms with van der Waals surface area (Å²) in [6.45, 7) is 2.48. The summed E-state index contributed by atoms with van der Waals surface area (Å²) in [5.74, 6) is 0.0464. The van der Waals surface area contributed by atoms with Crippen LogP contribution in [0.4, 0.5) is 0 Å². The van der Waals surface area contributed by atoms with E-state index in [-0.39, 0.29) is 17.9 Å². The summed E-state index contributed by atoms with van der Waals surface area (Å²) >= 11 is 0.